The van der Waals surface area contributed by atoms with Gasteiger partial charge in [0.25, 0.3) is 5.91 Å². The molecule has 29 heavy (non-hydrogen) atoms. The van der Waals surface area contributed by atoms with Gasteiger partial charge < -0.3 is 24.5 Å². The molecule has 0 aliphatic carbocycles. The smallest absolute Gasteiger partial charge is 0.267 e. The topological polar surface area (TPSA) is 72.6 Å². The van der Waals surface area contributed by atoms with Crippen LogP contribution in [0.4, 0.5) is 0 Å². The number of amides is 1. The Morgan fingerprint density at radius 1 is 0.931 bits per heavy atom. The molecule has 0 bridgehead atoms. The van der Waals surface area contributed by atoms with Crippen LogP contribution in [-0.4, -0.2) is 38.8 Å². The molecule has 0 fully saturated rings. The lowest BCUT2D eigenvalue weighted by atomic mass is 9.97. The van der Waals surface area contributed by atoms with Gasteiger partial charge >= 0.3 is 0 Å². The number of hydrogen-bond donors (Lipinski definition) is 2. The van der Waals surface area contributed by atoms with Crippen LogP contribution in [0.15, 0.2) is 24.3 Å². The molecule has 1 heterocycles. The van der Waals surface area contributed by atoms with Crippen molar-refractivity contribution in [1.82, 2.24) is 10.3 Å². The van der Waals surface area contributed by atoms with Crippen LogP contribution >= 0.6 is 0 Å². The monoisotopic (exact) mass is 396 g/mol. The second-order valence-corrected chi connectivity index (χ2v) is 7.17. The number of ether oxygens (including phenoxy) is 3. The van der Waals surface area contributed by atoms with E-state index in [4.69, 9.17) is 14.2 Å². The third-order valence-electron chi connectivity index (χ3n) is 5.19. The predicted octanol–water partition coefficient (Wildman–Crippen LogP) is 4.09. The SMILES string of the molecule is COc1cc(OC)c2cc(C(=O)NCCc3c(C)cc(C)cc3C)[nH]c2c1OC. The maximum Gasteiger partial charge on any atom is 0.267 e. The number of carbonyl (C=O) groups excluding carboxylic acids is 1. The van der Waals surface area contributed by atoms with E-state index in [1.165, 1.54) is 22.3 Å². The number of aromatic nitrogens is 1. The molecule has 0 unspecified atom stereocenters. The van der Waals surface area contributed by atoms with Crippen molar-refractivity contribution < 1.29 is 19.0 Å². The van der Waals surface area contributed by atoms with Crippen molar-refractivity contribution in [3.63, 3.8) is 0 Å². The molecule has 2 N–H and O–H groups in total. The fraction of sp³-hybridized carbons (Fsp3) is 0.348. The maximum atomic E-state index is 12.7. The van der Waals surface area contributed by atoms with E-state index < -0.39 is 0 Å². The van der Waals surface area contributed by atoms with Crippen LogP contribution in [0.25, 0.3) is 10.9 Å². The Hall–Kier alpha value is -3.15. The molecular formula is C23H28N2O4. The van der Waals surface area contributed by atoms with E-state index in [1.807, 2.05) is 0 Å². The van der Waals surface area contributed by atoms with Crippen LogP contribution in [0.2, 0.25) is 0 Å². The van der Waals surface area contributed by atoms with Gasteiger partial charge in [0.05, 0.1) is 26.8 Å². The van der Waals surface area contributed by atoms with Crippen molar-refractivity contribution in [1.29, 1.82) is 0 Å². The minimum atomic E-state index is -0.174. The summed E-state index contributed by atoms with van der Waals surface area (Å²) in [6.07, 6.45) is 0.782. The Bertz CT molecular complexity index is 1030. The van der Waals surface area contributed by atoms with Crippen molar-refractivity contribution in [3.05, 3.63) is 52.2 Å². The third-order valence-corrected chi connectivity index (χ3v) is 5.19. The van der Waals surface area contributed by atoms with Crippen LogP contribution in [0.3, 0.4) is 0 Å². The molecule has 0 aliphatic heterocycles. The van der Waals surface area contributed by atoms with Gasteiger partial charge in [-0.1, -0.05) is 17.7 Å². The van der Waals surface area contributed by atoms with Gasteiger partial charge in [-0.2, -0.15) is 0 Å². The van der Waals surface area contributed by atoms with Crippen LogP contribution < -0.4 is 19.5 Å². The molecule has 0 spiro atoms. The largest absolute Gasteiger partial charge is 0.496 e. The number of aromatic amines is 1. The van der Waals surface area contributed by atoms with Gasteiger partial charge in [-0.05, 0) is 49.9 Å². The van der Waals surface area contributed by atoms with E-state index in [-0.39, 0.29) is 5.91 Å². The van der Waals surface area contributed by atoms with Crippen molar-refractivity contribution in [3.8, 4) is 17.2 Å². The Balaban J connectivity index is 1.81. The van der Waals surface area contributed by atoms with Gasteiger partial charge in [0.2, 0.25) is 0 Å². The highest BCUT2D eigenvalue weighted by atomic mass is 16.5. The zero-order valence-corrected chi connectivity index (χ0v) is 17.9. The summed E-state index contributed by atoms with van der Waals surface area (Å²) in [5.41, 5.74) is 6.15. The van der Waals surface area contributed by atoms with Crippen molar-refractivity contribution in [2.75, 3.05) is 27.9 Å². The number of carbonyl (C=O) groups is 1. The second kappa shape index (κ2) is 8.47. The van der Waals surface area contributed by atoms with Gasteiger partial charge in [-0.3, -0.25) is 4.79 Å². The van der Waals surface area contributed by atoms with Crippen molar-refractivity contribution >= 4 is 16.8 Å². The second-order valence-electron chi connectivity index (χ2n) is 7.17. The van der Waals surface area contributed by atoms with Gasteiger partial charge in [-0.25, -0.2) is 0 Å². The van der Waals surface area contributed by atoms with Crippen molar-refractivity contribution in [2.24, 2.45) is 0 Å². The summed E-state index contributed by atoms with van der Waals surface area (Å²) in [6, 6.07) is 7.87. The lowest BCUT2D eigenvalue weighted by molar-refractivity contribution is 0.0950. The molecule has 0 atom stereocenters. The predicted molar refractivity (Wildman–Crippen MR) is 115 cm³/mol. The van der Waals surface area contributed by atoms with Gasteiger partial charge in [0.15, 0.2) is 11.5 Å². The molecule has 3 rings (SSSR count). The normalized spacial score (nSPS) is 10.8. The van der Waals surface area contributed by atoms with E-state index in [2.05, 4.69) is 43.2 Å². The summed E-state index contributed by atoms with van der Waals surface area (Å²) in [6.45, 7) is 6.87. The van der Waals surface area contributed by atoms with E-state index in [0.717, 1.165) is 11.8 Å². The average molecular weight is 396 g/mol. The number of H-pyrrole nitrogens is 1. The zero-order valence-electron chi connectivity index (χ0n) is 17.9. The summed E-state index contributed by atoms with van der Waals surface area (Å²) in [5, 5.41) is 3.76. The molecule has 0 saturated carbocycles. The first-order chi connectivity index (χ1) is 13.9. The standard InChI is InChI=1S/C23H28N2O4/c1-13-9-14(2)16(15(3)10-13)7-8-24-23(26)18-11-17-19(27-4)12-20(28-5)22(29-6)21(17)25-18/h9-12,25H,7-8H2,1-6H3,(H,24,26). The van der Waals surface area contributed by atoms with Gasteiger partial charge in [0, 0.05) is 18.0 Å². The fourth-order valence-corrected chi connectivity index (χ4v) is 3.86. The summed E-state index contributed by atoms with van der Waals surface area (Å²) in [5.74, 6) is 1.51. The Morgan fingerprint density at radius 2 is 1.59 bits per heavy atom. The minimum absolute atomic E-state index is 0.174. The zero-order chi connectivity index (χ0) is 21.1. The molecule has 0 radical (unpaired) electrons. The number of fused-ring (bicyclic) bond motifs is 1. The maximum absolute atomic E-state index is 12.7. The lowest BCUT2D eigenvalue weighted by Crippen LogP contribution is -2.26. The number of rotatable bonds is 7. The summed E-state index contributed by atoms with van der Waals surface area (Å²) in [7, 11) is 4.71. The lowest BCUT2D eigenvalue weighted by Gasteiger charge is -2.12. The average Bonchev–Trinajstić information content (AvgIpc) is 3.13. The Kier molecular flexibility index (Phi) is 6.01. The highest BCUT2D eigenvalue weighted by molar-refractivity contribution is 6.02. The quantitative estimate of drug-likeness (QED) is 0.631. The molecular weight excluding hydrogens is 368 g/mol. The number of methoxy groups -OCH3 is 3. The first kappa shape index (κ1) is 20.6. The van der Waals surface area contributed by atoms with E-state index >= 15 is 0 Å². The van der Waals surface area contributed by atoms with Crippen molar-refractivity contribution in [2.45, 2.75) is 27.2 Å². The number of hydrogen-bond acceptors (Lipinski definition) is 4. The molecule has 3 aromatic rings. The Morgan fingerprint density at radius 3 is 2.17 bits per heavy atom. The van der Waals surface area contributed by atoms with E-state index in [9.17, 15) is 4.79 Å². The molecule has 6 nitrogen and oxygen atoms in total. The van der Waals surface area contributed by atoms with Crippen LogP contribution in [-0.2, 0) is 6.42 Å². The highest BCUT2D eigenvalue weighted by Gasteiger charge is 2.19. The minimum Gasteiger partial charge on any atom is -0.496 e. The number of benzene rings is 2. The van der Waals surface area contributed by atoms with Gasteiger partial charge in [0.1, 0.15) is 11.4 Å². The molecule has 2 aromatic carbocycles. The first-order valence-corrected chi connectivity index (χ1v) is 9.56. The molecule has 0 aliphatic rings. The molecule has 0 saturated heterocycles. The highest BCUT2D eigenvalue weighted by Crippen LogP contribution is 2.41. The number of aryl methyl sites for hydroxylation is 3. The van der Waals surface area contributed by atoms with Crippen LogP contribution in [0, 0.1) is 20.8 Å². The molecule has 6 heteroatoms. The fourth-order valence-electron chi connectivity index (χ4n) is 3.86. The summed E-state index contributed by atoms with van der Waals surface area (Å²) < 4.78 is 16.3. The van der Waals surface area contributed by atoms with Gasteiger partial charge in [-0.15, -0.1) is 0 Å². The Labute approximate surface area is 171 Å². The third kappa shape index (κ3) is 4.01. The summed E-state index contributed by atoms with van der Waals surface area (Å²) in [4.78, 5) is 15.9. The molecule has 1 aromatic heterocycles. The van der Waals surface area contributed by atoms with Crippen LogP contribution in [0.5, 0.6) is 17.2 Å². The van der Waals surface area contributed by atoms with E-state index in [0.29, 0.717) is 35.0 Å². The summed E-state index contributed by atoms with van der Waals surface area (Å²) >= 11 is 0. The van der Waals surface area contributed by atoms with E-state index in [1.54, 1.807) is 33.5 Å². The number of nitrogens with one attached hydrogen (secondary N) is 2. The first-order valence-electron chi connectivity index (χ1n) is 9.56. The molecule has 154 valence electrons. The molecule has 1 amide bonds. The van der Waals surface area contributed by atoms with Crippen LogP contribution in [0.1, 0.15) is 32.7 Å².